The molecule has 10 aromatic carbocycles. The standard InChI is InChI=1S/C61H41NO/c1-5-18-42(19-6-1)44-32-35-48(36-33-44)62(49-37-38-52-51-27-15-16-29-55(51)61(56(52)41-49,46-22-9-3-10-23-46)47-24-11-4-12-25-47)57-30-17-31-59-60(57)53-28-14-13-26-50(53)54-40-45(34-39-58(54)63-59)43-20-7-2-8-21-43/h1-41H. The third-order valence-corrected chi connectivity index (χ3v) is 13.0. The van der Waals surface area contributed by atoms with Gasteiger partial charge in [0, 0.05) is 22.5 Å². The molecule has 63 heavy (non-hydrogen) atoms. The van der Waals surface area contributed by atoms with Gasteiger partial charge in [-0.2, -0.15) is 0 Å². The molecule has 2 nitrogen and oxygen atoms in total. The van der Waals surface area contributed by atoms with E-state index in [-0.39, 0.29) is 0 Å². The maximum Gasteiger partial charge on any atom is 0.137 e. The molecule has 1 heterocycles. The Morgan fingerprint density at radius 3 is 1.51 bits per heavy atom. The Morgan fingerprint density at radius 2 is 0.825 bits per heavy atom. The molecule has 0 atom stereocenters. The average molecular weight is 804 g/mol. The number of hydrogen-bond donors (Lipinski definition) is 0. The van der Waals surface area contributed by atoms with Gasteiger partial charge in [-0.05, 0) is 115 Å². The lowest BCUT2D eigenvalue weighted by Gasteiger charge is -2.35. The van der Waals surface area contributed by atoms with Crippen LogP contribution in [-0.4, -0.2) is 0 Å². The predicted molar refractivity (Wildman–Crippen MR) is 260 cm³/mol. The van der Waals surface area contributed by atoms with Gasteiger partial charge in [0.2, 0.25) is 0 Å². The topological polar surface area (TPSA) is 12.5 Å². The number of fused-ring (bicyclic) bond motifs is 8. The van der Waals surface area contributed by atoms with E-state index in [4.69, 9.17) is 4.74 Å². The molecule has 2 heteroatoms. The van der Waals surface area contributed by atoms with Gasteiger partial charge < -0.3 is 9.64 Å². The van der Waals surface area contributed by atoms with Gasteiger partial charge in [0.25, 0.3) is 0 Å². The number of anilines is 3. The Labute approximate surface area is 368 Å². The highest BCUT2D eigenvalue weighted by atomic mass is 16.5. The van der Waals surface area contributed by atoms with Crippen LogP contribution < -0.4 is 9.64 Å². The number of nitrogens with zero attached hydrogens (tertiary/aromatic N) is 1. The number of benzene rings is 10. The number of hydrogen-bond acceptors (Lipinski definition) is 2. The van der Waals surface area contributed by atoms with Crippen LogP contribution in [0.2, 0.25) is 0 Å². The fourth-order valence-electron chi connectivity index (χ4n) is 10.2. The van der Waals surface area contributed by atoms with Gasteiger partial charge in [-0.25, -0.2) is 0 Å². The van der Waals surface area contributed by atoms with Crippen LogP contribution in [0.25, 0.3) is 55.6 Å². The SMILES string of the molecule is c1ccc(-c2ccc(N(c3ccc4c(c3)C(c3ccccc3)(c3ccccc3)c3ccccc3-4)c3cccc4c3-c3ccccc3-c3cc(-c5ccccc5)ccc3O4)cc2)cc1. The van der Waals surface area contributed by atoms with Gasteiger partial charge in [-0.3, -0.25) is 0 Å². The second-order valence-corrected chi connectivity index (χ2v) is 16.4. The zero-order valence-electron chi connectivity index (χ0n) is 34.5. The highest BCUT2D eigenvalue weighted by Crippen LogP contribution is 2.58. The smallest absolute Gasteiger partial charge is 0.137 e. The van der Waals surface area contributed by atoms with Crippen molar-refractivity contribution in [1.82, 2.24) is 0 Å². The highest BCUT2D eigenvalue weighted by Gasteiger charge is 2.46. The van der Waals surface area contributed by atoms with Crippen molar-refractivity contribution in [3.8, 4) is 67.1 Å². The van der Waals surface area contributed by atoms with Crippen molar-refractivity contribution in [3.63, 3.8) is 0 Å². The van der Waals surface area contributed by atoms with Crippen LogP contribution in [0.15, 0.2) is 249 Å². The van der Waals surface area contributed by atoms with Crippen molar-refractivity contribution in [2.75, 3.05) is 4.90 Å². The fourth-order valence-corrected chi connectivity index (χ4v) is 10.2. The van der Waals surface area contributed by atoms with Gasteiger partial charge in [0.1, 0.15) is 11.5 Å². The molecule has 0 spiro atoms. The maximum absolute atomic E-state index is 7.05. The molecule has 2 aliphatic rings. The fraction of sp³-hybridized carbons (Fsp3) is 0.0164. The van der Waals surface area contributed by atoms with Crippen LogP contribution in [0, 0.1) is 0 Å². The average Bonchev–Trinajstić information content (AvgIpc) is 3.57. The van der Waals surface area contributed by atoms with Crippen LogP contribution in [0.3, 0.4) is 0 Å². The molecule has 0 radical (unpaired) electrons. The van der Waals surface area contributed by atoms with Crippen molar-refractivity contribution < 1.29 is 4.74 Å². The first-order valence-corrected chi connectivity index (χ1v) is 21.7. The molecule has 10 aromatic rings. The third kappa shape index (κ3) is 5.95. The molecule has 0 saturated carbocycles. The zero-order chi connectivity index (χ0) is 41.7. The van der Waals surface area contributed by atoms with E-state index in [1.54, 1.807) is 0 Å². The Kier molecular flexibility index (Phi) is 8.76. The quantitative estimate of drug-likeness (QED) is 0.159. The molecule has 0 N–H and O–H groups in total. The van der Waals surface area contributed by atoms with E-state index in [1.165, 1.54) is 50.1 Å². The third-order valence-electron chi connectivity index (χ3n) is 13.0. The molecule has 0 unspecified atom stereocenters. The van der Waals surface area contributed by atoms with Crippen molar-refractivity contribution in [2.45, 2.75) is 5.41 Å². The highest BCUT2D eigenvalue weighted by molar-refractivity contribution is 6.00. The molecule has 1 aliphatic carbocycles. The van der Waals surface area contributed by atoms with Gasteiger partial charge in [-0.15, -0.1) is 0 Å². The Balaban J connectivity index is 1.11. The maximum atomic E-state index is 7.05. The minimum Gasteiger partial charge on any atom is -0.456 e. The van der Waals surface area contributed by atoms with E-state index in [0.29, 0.717) is 0 Å². The summed E-state index contributed by atoms with van der Waals surface area (Å²) in [5, 5.41) is 0. The van der Waals surface area contributed by atoms with E-state index in [1.807, 2.05) is 0 Å². The summed E-state index contributed by atoms with van der Waals surface area (Å²) in [6.45, 7) is 0. The molecular formula is C61H41NO. The van der Waals surface area contributed by atoms with Gasteiger partial charge in [0.15, 0.2) is 0 Å². The van der Waals surface area contributed by atoms with Crippen molar-refractivity contribution >= 4 is 17.1 Å². The summed E-state index contributed by atoms with van der Waals surface area (Å²) in [5.41, 5.74) is 19.2. The molecule has 12 rings (SSSR count). The molecule has 0 amide bonds. The molecule has 0 saturated heterocycles. The van der Waals surface area contributed by atoms with Crippen molar-refractivity contribution in [3.05, 3.63) is 271 Å². The van der Waals surface area contributed by atoms with Gasteiger partial charge >= 0.3 is 0 Å². The van der Waals surface area contributed by atoms with E-state index in [0.717, 1.165) is 56.4 Å². The van der Waals surface area contributed by atoms with Crippen LogP contribution in [0.5, 0.6) is 11.5 Å². The van der Waals surface area contributed by atoms with Crippen molar-refractivity contribution in [2.24, 2.45) is 0 Å². The second kappa shape index (κ2) is 15.1. The Hall–Kier alpha value is -8.20. The van der Waals surface area contributed by atoms with E-state index in [9.17, 15) is 0 Å². The van der Waals surface area contributed by atoms with Crippen LogP contribution in [0.1, 0.15) is 22.3 Å². The molecular weight excluding hydrogens is 763 g/mol. The largest absolute Gasteiger partial charge is 0.456 e. The second-order valence-electron chi connectivity index (χ2n) is 16.4. The number of ether oxygens (including phenoxy) is 1. The molecule has 0 aromatic heterocycles. The summed E-state index contributed by atoms with van der Waals surface area (Å²) < 4.78 is 7.05. The first kappa shape index (κ1) is 36.6. The lowest BCUT2D eigenvalue weighted by molar-refractivity contribution is 0.488. The summed E-state index contributed by atoms with van der Waals surface area (Å²) in [5.74, 6) is 1.65. The first-order valence-electron chi connectivity index (χ1n) is 21.7. The summed E-state index contributed by atoms with van der Waals surface area (Å²) >= 11 is 0. The van der Waals surface area contributed by atoms with Gasteiger partial charge in [-0.1, -0.05) is 200 Å². The Morgan fingerprint density at radius 1 is 0.302 bits per heavy atom. The minimum atomic E-state index is -0.547. The van der Waals surface area contributed by atoms with Crippen molar-refractivity contribution in [1.29, 1.82) is 0 Å². The molecule has 296 valence electrons. The van der Waals surface area contributed by atoms with E-state index >= 15 is 0 Å². The summed E-state index contributed by atoms with van der Waals surface area (Å²) in [7, 11) is 0. The Bertz CT molecular complexity index is 3250. The summed E-state index contributed by atoms with van der Waals surface area (Å²) in [6, 6.07) is 90.1. The number of rotatable bonds is 7. The minimum absolute atomic E-state index is 0.547. The molecule has 0 fully saturated rings. The van der Waals surface area contributed by atoms with E-state index in [2.05, 4.69) is 254 Å². The van der Waals surface area contributed by atoms with Crippen LogP contribution >= 0.6 is 0 Å². The summed E-state index contributed by atoms with van der Waals surface area (Å²) in [4.78, 5) is 2.43. The molecule has 0 bridgehead atoms. The van der Waals surface area contributed by atoms with Crippen LogP contribution in [-0.2, 0) is 5.41 Å². The van der Waals surface area contributed by atoms with Crippen LogP contribution in [0.4, 0.5) is 17.1 Å². The van der Waals surface area contributed by atoms with Gasteiger partial charge in [0.05, 0.1) is 11.1 Å². The predicted octanol–water partition coefficient (Wildman–Crippen LogP) is 16.3. The van der Waals surface area contributed by atoms with E-state index < -0.39 is 5.41 Å². The lowest BCUT2D eigenvalue weighted by Crippen LogP contribution is -2.28. The lowest BCUT2D eigenvalue weighted by atomic mass is 9.67. The first-order chi connectivity index (χ1) is 31.3. The zero-order valence-corrected chi connectivity index (χ0v) is 34.5. The summed E-state index contributed by atoms with van der Waals surface area (Å²) in [6.07, 6.45) is 0. The molecule has 1 aliphatic heterocycles. The normalized spacial score (nSPS) is 12.7. The monoisotopic (exact) mass is 803 g/mol.